The van der Waals surface area contributed by atoms with Gasteiger partial charge in [0.2, 0.25) is 0 Å². The summed E-state index contributed by atoms with van der Waals surface area (Å²) in [6.45, 7) is 5.57. The summed E-state index contributed by atoms with van der Waals surface area (Å²) in [4.78, 5) is 4.68. The van der Waals surface area contributed by atoms with Crippen molar-refractivity contribution in [3.05, 3.63) is 53.9 Å². The first kappa shape index (κ1) is 14.4. The second kappa shape index (κ2) is 6.10. The van der Waals surface area contributed by atoms with E-state index in [1.54, 1.807) is 0 Å². The van der Waals surface area contributed by atoms with Crippen LogP contribution in [0.2, 0.25) is 0 Å². The number of rotatable bonds is 5. The van der Waals surface area contributed by atoms with Gasteiger partial charge in [0.1, 0.15) is 23.7 Å². The first-order valence-corrected chi connectivity index (χ1v) is 7.62. The fourth-order valence-electron chi connectivity index (χ4n) is 2.58. The highest BCUT2D eigenvalue weighted by molar-refractivity contribution is 5.87. The SMILES string of the molecule is CCCn1c(COc2ccc(C)cc2)nc2c(N)cccc21. The zero-order valence-corrected chi connectivity index (χ0v) is 13.0. The maximum atomic E-state index is 6.04. The molecule has 0 fully saturated rings. The van der Waals surface area contributed by atoms with Crippen LogP contribution in [-0.4, -0.2) is 9.55 Å². The van der Waals surface area contributed by atoms with Crippen molar-refractivity contribution in [3.63, 3.8) is 0 Å². The van der Waals surface area contributed by atoms with Crippen molar-refractivity contribution < 1.29 is 4.74 Å². The number of anilines is 1. The van der Waals surface area contributed by atoms with Gasteiger partial charge in [-0.1, -0.05) is 30.7 Å². The highest BCUT2D eigenvalue weighted by Gasteiger charge is 2.12. The molecule has 3 rings (SSSR count). The number of nitrogens with two attached hydrogens (primary N) is 1. The molecule has 1 aromatic heterocycles. The molecular weight excluding hydrogens is 274 g/mol. The molecule has 0 atom stereocenters. The van der Waals surface area contributed by atoms with Crippen LogP contribution in [0.1, 0.15) is 24.7 Å². The van der Waals surface area contributed by atoms with Gasteiger partial charge >= 0.3 is 0 Å². The second-order valence-electron chi connectivity index (χ2n) is 5.50. The van der Waals surface area contributed by atoms with Crippen molar-refractivity contribution in [1.29, 1.82) is 0 Å². The Balaban J connectivity index is 1.90. The van der Waals surface area contributed by atoms with E-state index >= 15 is 0 Å². The van der Waals surface area contributed by atoms with Crippen molar-refractivity contribution in [3.8, 4) is 5.75 Å². The topological polar surface area (TPSA) is 53.1 Å². The molecule has 1 heterocycles. The number of ether oxygens (including phenoxy) is 1. The fraction of sp³-hybridized carbons (Fsp3) is 0.278. The first-order chi connectivity index (χ1) is 10.7. The van der Waals surface area contributed by atoms with Crippen molar-refractivity contribution in [2.24, 2.45) is 0 Å². The maximum Gasteiger partial charge on any atom is 0.148 e. The average molecular weight is 295 g/mol. The fourth-order valence-corrected chi connectivity index (χ4v) is 2.58. The van der Waals surface area contributed by atoms with Crippen LogP contribution in [0.25, 0.3) is 11.0 Å². The monoisotopic (exact) mass is 295 g/mol. The zero-order chi connectivity index (χ0) is 15.5. The Hall–Kier alpha value is -2.49. The lowest BCUT2D eigenvalue weighted by atomic mass is 10.2. The number of hydrogen-bond donors (Lipinski definition) is 1. The van der Waals surface area contributed by atoms with Crippen LogP contribution in [-0.2, 0) is 13.2 Å². The van der Waals surface area contributed by atoms with Gasteiger partial charge in [0, 0.05) is 6.54 Å². The lowest BCUT2D eigenvalue weighted by Crippen LogP contribution is -2.07. The quantitative estimate of drug-likeness (QED) is 0.726. The van der Waals surface area contributed by atoms with Gasteiger partial charge in [0.15, 0.2) is 0 Å². The van der Waals surface area contributed by atoms with E-state index in [0.717, 1.165) is 35.6 Å². The van der Waals surface area contributed by atoms with Crippen LogP contribution in [0.5, 0.6) is 5.75 Å². The van der Waals surface area contributed by atoms with E-state index in [2.05, 4.69) is 29.5 Å². The molecule has 114 valence electrons. The summed E-state index contributed by atoms with van der Waals surface area (Å²) in [5, 5.41) is 0. The molecule has 22 heavy (non-hydrogen) atoms. The molecule has 0 spiro atoms. The molecule has 0 radical (unpaired) electrons. The van der Waals surface area contributed by atoms with E-state index in [4.69, 9.17) is 10.5 Å². The Morgan fingerprint density at radius 3 is 2.64 bits per heavy atom. The van der Waals surface area contributed by atoms with E-state index in [-0.39, 0.29) is 0 Å². The summed E-state index contributed by atoms with van der Waals surface area (Å²) in [5.41, 5.74) is 9.91. The lowest BCUT2D eigenvalue weighted by molar-refractivity contribution is 0.290. The summed E-state index contributed by atoms with van der Waals surface area (Å²) in [5.74, 6) is 1.77. The molecule has 0 bridgehead atoms. The van der Waals surface area contributed by atoms with Gasteiger partial charge in [-0.05, 0) is 37.6 Å². The van der Waals surface area contributed by atoms with Gasteiger partial charge in [-0.2, -0.15) is 0 Å². The summed E-state index contributed by atoms with van der Waals surface area (Å²) in [6, 6.07) is 14.0. The Kier molecular flexibility index (Phi) is 4.00. The molecule has 0 aliphatic rings. The van der Waals surface area contributed by atoms with Crippen LogP contribution in [0.4, 0.5) is 5.69 Å². The van der Waals surface area contributed by atoms with Crippen molar-refractivity contribution in [2.45, 2.75) is 33.4 Å². The van der Waals surface area contributed by atoms with E-state index in [9.17, 15) is 0 Å². The van der Waals surface area contributed by atoms with E-state index in [1.807, 2.05) is 36.4 Å². The Morgan fingerprint density at radius 1 is 1.14 bits per heavy atom. The Morgan fingerprint density at radius 2 is 1.91 bits per heavy atom. The van der Waals surface area contributed by atoms with Gasteiger partial charge in [0.05, 0.1) is 11.2 Å². The number of imidazole rings is 1. The average Bonchev–Trinajstić information content (AvgIpc) is 2.87. The molecule has 0 aliphatic carbocycles. The number of hydrogen-bond acceptors (Lipinski definition) is 3. The van der Waals surface area contributed by atoms with E-state index in [0.29, 0.717) is 12.3 Å². The largest absolute Gasteiger partial charge is 0.486 e. The predicted octanol–water partition coefficient (Wildman–Crippen LogP) is 3.92. The maximum absolute atomic E-state index is 6.04. The molecule has 3 aromatic rings. The predicted molar refractivity (Wildman–Crippen MR) is 89.9 cm³/mol. The second-order valence-corrected chi connectivity index (χ2v) is 5.50. The molecule has 4 heteroatoms. The molecular formula is C18H21N3O. The standard InChI is InChI=1S/C18H21N3O/c1-3-11-21-16-6-4-5-15(19)18(16)20-17(21)12-22-14-9-7-13(2)8-10-14/h4-10H,3,11-12,19H2,1-2H3. The van der Waals surface area contributed by atoms with Gasteiger partial charge in [-0.3, -0.25) is 0 Å². The van der Waals surface area contributed by atoms with Gasteiger partial charge in [0.25, 0.3) is 0 Å². The van der Waals surface area contributed by atoms with Crippen LogP contribution in [0, 0.1) is 6.92 Å². The number of nitrogen functional groups attached to an aromatic ring is 1. The van der Waals surface area contributed by atoms with Crippen LogP contribution < -0.4 is 10.5 Å². The number of fused-ring (bicyclic) bond motifs is 1. The third kappa shape index (κ3) is 2.77. The molecule has 0 saturated heterocycles. The summed E-state index contributed by atoms with van der Waals surface area (Å²) in [6.07, 6.45) is 1.04. The van der Waals surface area contributed by atoms with Gasteiger partial charge < -0.3 is 15.0 Å². The smallest absolute Gasteiger partial charge is 0.148 e. The third-order valence-electron chi connectivity index (χ3n) is 3.73. The lowest BCUT2D eigenvalue weighted by Gasteiger charge is -2.09. The Bertz CT molecular complexity index is 775. The number of aromatic nitrogens is 2. The number of aryl methyl sites for hydroxylation is 2. The minimum atomic E-state index is 0.442. The molecule has 0 aliphatic heterocycles. The highest BCUT2D eigenvalue weighted by atomic mass is 16.5. The van der Waals surface area contributed by atoms with Crippen molar-refractivity contribution in [2.75, 3.05) is 5.73 Å². The first-order valence-electron chi connectivity index (χ1n) is 7.62. The van der Waals surface area contributed by atoms with Crippen LogP contribution in [0.15, 0.2) is 42.5 Å². The minimum absolute atomic E-state index is 0.442. The number of nitrogens with zero attached hydrogens (tertiary/aromatic N) is 2. The third-order valence-corrected chi connectivity index (χ3v) is 3.73. The van der Waals surface area contributed by atoms with Crippen LogP contribution in [0.3, 0.4) is 0 Å². The minimum Gasteiger partial charge on any atom is -0.486 e. The molecule has 0 unspecified atom stereocenters. The van der Waals surface area contributed by atoms with E-state index < -0.39 is 0 Å². The molecule has 0 saturated carbocycles. The highest BCUT2D eigenvalue weighted by Crippen LogP contribution is 2.23. The number of para-hydroxylation sites is 1. The Labute approximate surface area is 130 Å². The summed E-state index contributed by atoms with van der Waals surface area (Å²) >= 11 is 0. The summed E-state index contributed by atoms with van der Waals surface area (Å²) < 4.78 is 8.07. The molecule has 2 N–H and O–H groups in total. The molecule has 4 nitrogen and oxygen atoms in total. The normalized spacial score (nSPS) is 11.0. The van der Waals surface area contributed by atoms with E-state index in [1.165, 1.54) is 5.56 Å². The van der Waals surface area contributed by atoms with Crippen molar-refractivity contribution in [1.82, 2.24) is 9.55 Å². The summed E-state index contributed by atoms with van der Waals surface area (Å²) in [7, 11) is 0. The molecule has 2 aromatic carbocycles. The van der Waals surface area contributed by atoms with Crippen LogP contribution >= 0.6 is 0 Å². The molecule has 0 amide bonds. The van der Waals surface area contributed by atoms with Gasteiger partial charge in [-0.15, -0.1) is 0 Å². The van der Waals surface area contributed by atoms with Gasteiger partial charge in [-0.25, -0.2) is 4.98 Å². The van der Waals surface area contributed by atoms with Crippen molar-refractivity contribution >= 4 is 16.7 Å². The number of benzene rings is 2. The zero-order valence-electron chi connectivity index (χ0n) is 13.0.